The Balaban J connectivity index is 3.17. The molecular weight excluding hydrogens is 218 g/mol. The van der Waals surface area contributed by atoms with Gasteiger partial charge < -0.3 is 4.90 Å². The first-order valence-electron chi connectivity index (χ1n) is 4.56. The van der Waals surface area contributed by atoms with Crippen LogP contribution in [0.25, 0.3) is 0 Å². The Hall–Kier alpha value is -0.810. The molecule has 0 atom stereocenters. The molecule has 0 radical (unpaired) electrons. The fraction of sp³-hybridized carbons (Fsp3) is 0.400. The Labute approximate surface area is 92.6 Å². The lowest BCUT2D eigenvalue weighted by Gasteiger charge is -2.24. The van der Waals surface area contributed by atoms with Gasteiger partial charge in [0.05, 0.1) is 10.6 Å². The molecule has 0 saturated heterocycles. The van der Waals surface area contributed by atoms with E-state index in [0.717, 1.165) is 0 Å². The molecule has 0 aliphatic heterocycles. The number of hydrogen-bond donors (Lipinski definition) is 1. The molecule has 0 aliphatic carbocycles. The number of anilines is 1. The van der Waals surface area contributed by atoms with E-state index in [4.69, 9.17) is 5.14 Å². The lowest BCUT2D eigenvalue weighted by molar-refractivity contribution is 0.489. The number of halogens is 2. The van der Waals surface area contributed by atoms with Gasteiger partial charge in [-0.15, -0.1) is 0 Å². The smallest absolute Gasteiger partial charge is 0.183 e. The van der Waals surface area contributed by atoms with Gasteiger partial charge in [-0.05, 0) is 37.9 Å². The Morgan fingerprint density at radius 2 is 1.87 bits per heavy atom. The second-order valence-electron chi connectivity index (χ2n) is 3.53. The average Bonchev–Trinajstić information content (AvgIpc) is 2.21. The van der Waals surface area contributed by atoms with Crippen molar-refractivity contribution in [2.24, 2.45) is 5.14 Å². The molecule has 2 N–H and O–H groups in total. The summed E-state index contributed by atoms with van der Waals surface area (Å²) in [7, 11) is 1.72. The first-order chi connectivity index (χ1) is 6.99. The van der Waals surface area contributed by atoms with E-state index in [0.29, 0.717) is 11.9 Å². The third kappa shape index (κ3) is 2.41. The molecule has 0 heterocycles. The number of benzene rings is 1. The van der Waals surface area contributed by atoms with Crippen molar-refractivity contribution in [2.75, 3.05) is 11.9 Å². The minimum absolute atomic E-state index is 0.107. The zero-order chi connectivity index (χ0) is 11.6. The number of nitrogens with zero attached hydrogens (tertiary/aromatic N) is 1. The largest absolute Gasteiger partial charge is 0.370 e. The molecular formula is C10H14F2N2S. The fourth-order valence-corrected chi connectivity index (χ4v) is 1.50. The summed E-state index contributed by atoms with van der Waals surface area (Å²) in [4.78, 5) is 1.79. The van der Waals surface area contributed by atoms with Gasteiger partial charge >= 0.3 is 0 Å². The number of nitrogens with two attached hydrogens (primary N) is 1. The Bertz CT molecular complexity index is 356. The van der Waals surface area contributed by atoms with Gasteiger partial charge in [0.2, 0.25) is 0 Å². The number of hydrogen-bond acceptors (Lipinski definition) is 3. The van der Waals surface area contributed by atoms with Gasteiger partial charge in [0.25, 0.3) is 0 Å². The molecule has 15 heavy (non-hydrogen) atoms. The molecule has 2 nitrogen and oxygen atoms in total. The van der Waals surface area contributed by atoms with Crippen LogP contribution in [-0.4, -0.2) is 13.1 Å². The summed E-state index contributed by atoms with van der Waals surface area (Å²) in [6, 6.07) is 3.13. The molecule has 0 unspecified atom stereocenters. The Morgan fingerprint density at radius 1 is 1.27 bits per heavy atom. The molecule has 0 fully saturated rings. The standard InChI is InChI=1S/C10H14F2N2S/c1-6(2)14(3)7-4-5-8(15-13)10(12)9(7)11/h4-6H,13H2,1-3H3. The van der Waals surface area contributed by atoms with Crippen LogP contribution in [0.4, 0.5) is 14.5 Å². The molecule has 0 amide bonds. The van der Waals surface area contributed by atoms with Crippen molar-refractivity contribution in [1.29, 1.82) is 0 Å². The Kier molecular flexibility index (Phi) is 3.93. The van der Waals surface area contributed by atoms with Gasteiger partial charge in [0, 0.05) is 13.1 Å². The van der Waals surface area contributed by atoms with Crippen molar-refractivity contribution in [3.63, 3.8) is 0 Å². The molecule has 0 aromatic heterocycles. The SMILES string of the molecule is CC(C)N(C)c1ccc(SN)c(F)c1F. The van der Waals surface area contributed by atoms with Crippen LogP contribution in [0.1, 0.15) is 13.8 Å². The minimum Gasteiger partial charge on any atom is -0.370 e. The molecule has 0 bridgehead atoms. The topological polar surface area (TPSA) is 29.3 Å². The van der Waals surface area contributed by atoms with E-state index < -0.39 is 11.6 Å². The van der Waals surface area contributed by atoms with E-state index in [2.05, 4.69) is 0 Å². The highest BCUT2D eigenvalue weighted by Gasteiger charge is 2.17. The summed E-state index contributed by atoms with van der Waals surface area (Å²) in [5, 5.41) is 5.20. The van der Waals surface area contributed by atoms with Gasteiger partial charge in [-0.2, -0.15) is 0 Å². The van der Waals surface area contributed by atoms with Crippen LogP contribution in [0, 0.1) is 11.6 Å². The first kappa shape index (κ1) is 12.3. The van der Waals surface area contributed by atoms with E-state index in [-0.39, 0.29) is 16.6 Å². The molecule has 1 aromatic carbocycles. The first-order valence-corrected chi connectivity index (χ1v) is 5.44. The zero-order valence-corrected chi connectivity index (χ0v) is 9.74. The van der Waals surface area contributed by atoms with Crippen molar-refractivity contribution >= 4 is 17.6 Å². The van der Waals surface area contributed by atoms with Gasteiger partial charge in [-0.1, -0.05) is 0 Å². The van der Waals surface area contributed by atoms with E-state index in [1.54, 1.807) is 11.9 Å². The zero-order valence-electron chi connectivity index (χ0n) is 8.92. The van der Waals surface area contributed by atoms with Gasteiger partial charge in [-0.25, -0.2) is 8.78 Å². The fourth-order valence-electron chi connectivity index (χ4n) is 1.16. The summed E-state index contributed by atoms with van der Waals surface area (Å²) in [5.41, 5.74) is 0.250. The van der Waals surface area contributed by atoms with Gasteiger partial charge in [-0.3, -0.25) is 5.14 Å². The van der Waals surface area contributed by atoms with Gasteiger partial charge in [0.1, 0.15) is 0 Å². The maximum absolute atomic E-state index is 13.6. The van der Waals surface area contributed by atoms with Crippen molar-refractivity contribution in [3.8, 4) is 0 Å². The van der Waals surface area contributed by atoms with Crippen molar-refractivity contribution in [2.45, 2.75) is 24.8 Å². The maximum Gasteiger partial charge on any atom is 0.183 e. The maximum atomic E-state index is 13.6. The molecule has 5 heteroatoms. The lowest BCUT2D eigenvalue weighted by Crippen LogP contribution is -2.26. The molecule has 1 rings (SSSR count). The third-order valence-corrected chi connectivity index (χ3v) is 2.88. The van der Waals surface area contributed by atoms with E-state index in [9.17, 15) is 8.78 Å². The third-order valence-electron chi connectivity index (χ3n) is 2.31. The van der Waals surface area contributed by atoms with Crippen LogP contribution < -0.4 is 10.0 Å². The second kappa shape index (κ2) is 4.81. The van der Waals surface area contributed by atoms with E-state index in [1.165, 1.54) is 12.1 Å². The van der Waals surface area contributed by atoms with Crippen molar-refractivity contribution in [1.82, 2.24) is 0 Å². The lowest BCUT2D eigenvalue weighted by atomic mass is 10.2. The van der Waals surface area contributed by atoms with Crippen LogP contribution in [0.5, 0.6) is 0 Å². The van der Waals surface area contributed by atoms with Crippen molar-refractivity contribution in [3.05, 3.63) is 23.8 Å². The van der Waals surface area contributed by atoms with Crippen LogP contribution in [-0.2, 0) is 0 Å². The van der Waals surface area contributed by atoms with Gasteiger partial charge in [0.15, 0.2) is 11.6 Å². The van der Waals surface area contributed by atoms with E-state index in [1.807, 2.05) is 13.8 Å². The monoisotopic (exact) mass is 232 g/mol. The average molecular weight is 232 g/mol. The van der Waals surface area contributed by atoms with Crippen molar-refractivity contribution < 1.29 is 8.78 Å². The molecule has 0 spiro atoms. The van der Waals surface area contributed by atoms with Crippen LogP contribution >= 0.6 is 11.9 Å². The van der Waals surface area contributed by atoms with Crippen LogP contribution in [0.2, 0.25) is 0 Å². The summed E-state index contributed by atoms with van der Waals surface area (Å²) in [5.74, 6) is -1.73. The summed E-state index contributed by atoms with van der Waals surface area (Å²) >= 11 is 0.705. The van der Waals surface area contributed by atoms with Crippen LogP contribution in [0.15, 0.2) is 17.0 Å². The number of rotatable bonds is 3. The predicted molar refractivity (Wildman–Crippen MR) is 59.9 cm³/mol. The normalized spacial score (nSPS) is 10.9. The molecule has 1 aromatic rings. The van der Waals surface area contributed by atoms with E-state index >= 15 is 0 Å². The highest BCUT2D eigenvalue weighted by molar-refractivity contribution is 7.97. The summed E-state index contributed by atoms with van der Waals surface area (Å²) < 4.78 is 27.0. The molecule has 0 aliphatic rings. The second-order valence-corrected chi connectivity index (χ2v) is 4.21. The quantitative estimate of drug-likeness (QED) is 0.812. The van der Waals surface area contributed by atoms with Crippen LogP contribution in [0.3, 0.4) is 0 Å². The molecule has 84 valence electrons. The highest BCUT2D eigenvalue weighted by atomic mass is 32.2. The summed E-state index contributed by atoms with van der Waals surface area (Å²) in [6.45, 7) is 3.81. The summed E-state index contributed by atoms with van der Waals surface area (Å²) in [6.07, 6.45) is 0. The predicted octanol–water partition coefficient (Wildman–Crippen LogP) is 2.78. The highest BCUT2D eigenvalue weighted by Crippen LogP contribution is 2.27. The minimum atomic E-state index is -0.882. The Morgan fingerprint density at radius 3 is 2.33 bits per heavy atom. The molecule has 0 saturated carbocycles.